The number of unbranched alkanes of at least 4 members (excludes halogenated alkanes) is 3. The van der Waals surface area contributed by atoms with Gasteiger partial charge in [0.25, 0.3) is 5.69 Å². The third kappa shape index (κ3) is 7.04. The zero-order valence-corrected chi connectivity index (χ0v) is 18.1. The van der Waals surface area contributed by atoms with Gasteiger partial charge >= 0.3 is 6.03 Å². The lowest BCUT2D eigenvalue weighted by Gasteiger charge is -2.08. The van der Waals surface area contributed by atoms with Crippen molar-refractivity contribution >= 4 is 34.2 Å². The number of H-pyrrole nitrogens is 1. The normalized spacial score (nSPS) is 10.7. The van der Waals surface area contributed by atoms with Crippen LogP contribution < -0.4 is 16.1 Å². The van der Waals surface area contributed by atoms with Gasteiger partial charge in [-0.15, -0.1) is 0 Å². The number of carbonyl (C=O) groups is 2. The van der Waals surface area contributed by atoms with Crippen molar-refractivity contribution in [2.24, 2.45) is 0 Å². The van der Waals surface area contributed by atoms with Gasteiger partial charge in [-0.1, -0.05) is 25.0 Å². The Morgan fingerprint density at radius 3 is 2.52 bits per heavy atom. The van der Waals surface area contributed by atoms with Crippen molar-refractivity contribution in [3.05, 3.63) is 69.9 Å². The molecule has 0 spiro atoms. The largest absolute Gasteiger partial charge is 0.361 e. The summed E-state index contributed by atoms with van der Waals surface area (Å²) in [7, 11) is 0. The summed E-state index contributed by atoms with van der Waals surface area (Å²) in [6.45, 7) is 0.531. The van der Waals surface area contributed by atoms with Gasteiger partial charge in [-0.3, -0.25) is 20.1 Å². The van der Waals surface area contributed by atoms with Crippen molar-refractivity contribution in [2.45, 2.75) is 38.5 Å². The van der Waals surface area contributed by atoms with Crippen molar-refractivity contribution in [3.8, 4) is 0 Å². The van der Waals surface area contributed by atoms with Gasteiger partial charge in [0.15, 0.2) is 0 Å². The number of non-ortho nitro benzene ring substituents is 1. The topological polar surface area (TPSA) is 149 Å². The highest BCUT2D eigenvalue weighted by atomic mass is 16.6. The van der Waals surface area contributed by atoms with Crippen LogP contribution in [0.15, 0.2) is 48.7 Å². The number of anilines is 1. The number of carbonyl (C=O) groups excluding carboxylic acids is 2. The monoisotopic (exact) mass is 453 g/mol. The Hall–Kier alpha value is -3.92. The summed E-state index contributed by atoms with van der Waals surface area (Å²) in [4.78, 5) is 36.7. The number of aromatic amines is 1. The molecule has 0 aliphatic heterocycles. The van der Waals surface area contributed by atoms with Crippen LogP contribution in [0, 0.1) is 10.1 Å². The van der Waals surface area contributed by atoms with Crippen LogP contribution in [0.3, 0.4) is 0 Å². The molecule has 33 heavy (non-hydrogen) atoms. The van der Waals surface area contributed by atoms with E-state index >= 15 is 0 Å². The van der Waals surface area contributed by atoms with Gasteiger partial charge in [-0.25, -0.2) is 10.3 Å². The summed E-state index contributed by atoms with van der Waals surface area (Å²) in [6, 6.07) is 11.9. The molecule has 1 heterocycles. The van der Waals surface area contributed by atoms with Crippen molar-refractivity contribution < 1.29 is 19.7 Å². The molecular weight excluding hydrogens is 426 g/mol. The van der Waals surface area contributed by atoms with Gasteiger partial charge in [-0.2, -0.15) is 0 Å². The number of hydrogen-bond donors (Lipinski definition) is 5. The first-order chi connectivity index (χ1) is 16.0. The standard InChI is InChI=1S/C23H27N5O5/c29-22(27-31)5-3-1-2-4-12-24-23(30)26-18-8-6-16(7-9-18)13-17-15-25-21-11-10-19(28(32)33)14-20(17)21/h6-11,14-15,25,31H,1-5,12-13H2,(H,27,29)(H2,24,26,30). The fraction of sp³-hybridized carbons (Fsp3) is 0.304. The van der Waals surface area contributed by atoms with E-state index in [9.17, 15) is 19.7 Å². The minimum atomic E-state index is -0.402. The van der Waals surface area contributed by atoms with Gasteiger partial charge in [0, 0.05) is 47.9 Å². The molecule has 0 fully saturated rings. The van der Waals surface area contributed by atoms with Gasteiger partial charge in [0.1, 0.15) is 0 Å². The van der Waals surface area contributed by atoms with E-state index in [1.165, 1.54) is 6.07 Å². The highest BCUT2D eigenvalue weighted by molar-refractivity contribution is 5.89. The molecule has 0 saturated carbocycles. The quantitative estimate of drug-likeness (QED) is 0.127. The zero-order chi connectivity index (χ0) is 23.6. The highest BCUT2D eigenvalue weighted by Crippen LogP contribution is 2.25. The molecule has 0 aliphatic carbocycles. The number of rotatable bonds is 11. The van der Waals surface area contributed by atoms with Gasteiger partial charge < -0.3 is 15.6 Å². The molecule has 0 radical (unpaired) electrons. The van der Waals surface area contributed by atoms with Gasteiger partial charge in [0.2, 0.25) is 5.91 Å². The number of nitrogens with one attached hydrogen (secondary N) is 4. The Balaban J connectivity index is 1.43. The molecule has 10 nitrogen and oxygen atoms in total. The number of nitro groups is 1. The van der Waals surface area contributed by atoms with Crippen LogP contribution in [0.4, 0.5) is 16.2 Å². The summed E-state index contributed by atoms with van der Waals surface area (Å²) in [5.41, 5.74) is 5.16. The van der Waals surface area contributed by atoms with Crippen LogP contribution in [0.1, 0.15) is 43.2 Å². The maximum atomic E-state index is 12.0. The van der Waals surface area contributed by atoms with E-state index in [1.54, 1.807) is 17.6 Å². The molecule has 0 bridgehead atoms. The number of aromatic nitrogens is 1. The summed E-state index contributed by atoms with van der Waals surface area (Å²) in [5, 5.41) is 25.9. The summed E-state index contributed by atoms with van der Waals surface area (Å²) in [6.07, 6.45) is 5.98. The molecular formula is C23H27N5O5. The van der Waals surface area contributed by atoms with Crippen molar-refractivity contribution in [1.29, 1.82) is 0 Å². The Morgan fingerprint density at radius 2 is 1.79 bits per heavy atom. The fourth-order valence-electron chi connectivity index (χ4n) is 3.55. The second-order valence-corrected chi connectivity index (χ2v) is 7.75. The molecule has 3 rings (SSSR count). The number of amides is 3. The molecule has 0 atom stereocenters. The highest BCUT2D eigenvalue weighted by Gasteiger charge is 2.11. The second kappa shape index (κ2) is 11.6. The lowest BCUT2D eigenvalue weighted by molar-refractivity contribution is -0.384. The number of hydrogen-bond acceptors (Lipinski definition) is 5. The molecule has 3 aromatic rings. The van der Waals surface area contributed by atoms with E-state index in [0.29, 0.717) is 31.5 Å². The molecule has 0 saturated heterocycles. The van der Waals surface area contributed by atoms with Crippen LogP contribution in [-0.4, -0.2) is 33.6 Å². The maximum Gasteiger partial charge on any atom is 0.319 e. The lowest BCUT2D eigenvalue weighted by atomic mass is 10.0. The van der Waals surface area contributed by atoms with E-state index in [2.05, 4.69) is 15.6 Å². The van der Waals surface area contributed by atoms with E-state index in [4.69, 9.17) is 5.21 Å². The first-order valence-electron chi connectivity index (χ1n) is 10.8. The fourth-order valence-corrected chi connectivity index (χ4v) is 3.55. The molecule has 10 heteroatoms. The van der Waals surface area contributed by atoms with Crippen LogP contribution in [0.2, 0.25) is 0 Å². The molecule has 2 aromatic carbocycles. The molecule has 5 N–H and O–H groups in total. The van der Waals surface area contributed by atoms with Crippen LogP contribution >= 0.6 is 0 Å². The van der Waals surface area contributed by atoms with Crippen LogP contribution in [0.5, 0.6) is 0 Å². The van der Waals surface area contributed by atoms with E-state index < -0.39 is 4.92 Å². The SMILES string of the molecule is O=C(CCCCCCNC(=O)Nc1ccc(Cc2c[nH]c3ccc([N+](=O)[O-])cc23)cc1)NO. The minimum Gasteiger partial charge on any atom is -0.361 e. The second-order valence-electron chi connectivity index (χ2n) is 7.75. The minimum absolute atomic E-state index is 0.0583. The molecule has 1 aromatic heterocycles. The Kier molecular flexibility index (Phi) is 8.36. The first-order valence-corrected chi connectivity index (χ1v) is 10.8. The van der Waals surface area contributed by atoms with E-state index in [0.717, 1.165) is 41.3 Å². The van der Waals surface area contributed by atoms with Crippen molar-refractivity contribution in [1.82, 2.24) is 15.8 Å². The van der Waals surface area contributed by atoms with E-state index in [-0.39, 0.29) is 17.6 Å². The average Bonchev–Trinajstić information content (AvgIpc) is 3.21. The number of benzene rings is 2. The third-order valence-corrected chi connectivity index (χ3v) is 5.31. The third-order valence-electron chi connectivity index (χ3n) is 5.31. The predicted molar refractivity (Wildman–Crippen MR) is 124 cm³/mol. The number of nitro benzene ring substituents is 1. The zero-order valence-electron chi connectivity index (χ0n) is 18.1. The first kappa shape index (κ1) is 23.7. The van der Waals surface area contributed by atoms with Crippen LogP contribution in [-0.2, 0) is 11.2 Å². The average molecular weight is 453 g/mol. The number of fused-ring (bicyclic) bond motifs is 1. The van der Waals surface area contributed by atoms with Crippen molar-refractivity contribution in [3.63, 3.8) is 0 Å². The molecule has 0 unspecified atom stereocenters. The Morgan fingerprint density at radius 1 is 1.03 bits per heavy atom. The molecule has 174 valence electrons. The summed E-state index contributed by atoms with van der Waals surface area (Å²) < 4.78 is 0. The lowest BCUT2D eigenvalue weighted by Crippen LogP contribution is -2.29. The predicted octanol–water partition coefficient (Wildman–Crippen LogP) is 4.24. The van der Waals surface area contributed by atoms with E-state index in [1.807, 2.05) is 30.5 Å². The molecule has 0 aliphatic rings. The Bertz CT molecular complexity index is 1110. The van der Waals surface area contributed by atoms with Gasteiger partial charge in [-0.05, 0) is 48.6 Å². The smallest absolute Gasteiger partial charge is 0.319 e. The Labute approximate surface area is 190 Å². The number of nitrogens with zero attached hydrogens (tertiary/aromatic N) is 1. The maximum absolute atomic E-state index is 12.0. The van der Waals surface area contributed by atoms with Crippen LogP contribution in [0.25, 0.3) is 10.9 Å². The molecule has 3 amide bonds. The number of hydroxylamine groups is 1. The summed E-state index contributed by atoms with van der Waals surface area (Å²) >= 11 is 0. The summed E-state index contributed by atoms with van der Waals surface area (Å²) in [5.74, 6) is -0.385. The number of urea groups is 1. The van der Waals surface area contributed by atoms with Crippen molar-refractivity contribution in [2.75, 3.05) is 11.9 Å². The van der Waals surface area contributed by atoms with Gasteiger partial charge in [0.05, 0.1) is 4.92 Å².